The van der Waals surface area contributed by atoms with Gasteiger partial charge in [-0.2, -0.15) is 0 Å². The molecule has 0 saturated heterocycles. The molecule has 0 aromatic heterocycles. The van der Waals surface area contributed by atoms with Gasteiger partial charge < -0.3 is 20.5 Å². The van der Waals surface area contributed by atoms with Gasteiger partial charge >= 0.3 is 5.97 Å². The molecular weight excluding hydrogens is 372 g/mol. The van der Waals surface area contributed by atoms with E-state index in [1.807, 2.05) is 19.1 Å². The Hall–Kier alpha value is -2.51. The van der Waals surface area contributed by atoms with Crippen LogP contribution in [0.2, 0.25) is 0 Å². The number of rotatable bonds is 5. The second-order valence-corrected chi connectivity index (χ2v) is 7.61. The number of carbonyl (C=O) groups excluding carboxylic acids is 3. The highest BCUT2D eigenvalue weighted by molar-refractivity contribution is 6.22. The quantitative estimate of drug-likeness (QED) is 0.732. The molecule has 7 nitrogen and oxygen atoms in total. The van der Waals surface area contributed by atoms with Gasteiger partial charge in [-0.05, 0) is 48.4 Å². The molecule has 7 heteroatoms. The fraction of sp³-hybridized carbons (Fsp3) is 0.500. The van der Waals surface area contributed by atoms with Crippen molar-refractivity contribution in [3.63, 3.8) is 0 Å². The fourth-order valence-corrected chi connectivity index (χ4v) is 4.10. The molecule has 0 saturated carbocycles. The Morgan fingerprint density at radius 2 is 2.03 bits per heavy atom. The first-order valence-corrected chi connectivity index (χ1v) is 9.97. The van der Waals surface area contributed by atoms with E-state index in [0.717, 1.165) is 22.3 Å². The number of allylic oxidation sites excluding steroid dienone is 2. The van der Waals surface area contributed by atoms with Gasteiger partial charge in [0.05, 0.1) is 20.3 Å². The molecule has 3 N–H and O–H groups in total. The molecule has 1 aromatic carbocycles. The SMILES string of the molecule is CCC1CCC(=O)/C(c2ccc(C[C@H](N)C(=O)OC)c3c2COC3)=C(/C)NC1=O. The standard InChI is InChI=1S/C22H28N2O5/c1-4-13-6-8-19(25)20(12(2)24-21(13)26)15-7-5-14(9-18(23)22(27)28-3)16-10-29-11-17(15)16/h5,7,13,18H,4,6,8-11,23H2,1-3H3,(H,24,26)/b20-12-/t13?,18-/m0/s1. The third-order valence-electron chi connectivity index (χ3n) is 5.78. The Kier molecular flexibility index (Phi) is 6.49. The summed E-state index contributed by atoms with van der Waals surface area (Å²) in [7, 11) is 1.31. The zero-order valence-electron chi connectivity index (χ0n) is 17.2. The maximum absolute atomic E-state index is 13.0. The molecule has 2 atom stereocenters. The average molecular weight is 400 g/mol. The number of hydrogen-bond acceptors (Lipinski definition) is 6. The van der Waals surface area contributed by atoms with Gasteiger partial charge in [0.2, 0.25) is 5.91 Å². The lowest BCUT2D eigenvalue weighted by atomic mass is 9.85. The smallest absolute Gasteiger partial charge is 0.322 e. The zero-order chi connectivity index (χ0) is 21.1. The number of nitrogens with two attached hydrogens (primary N) is 1. The molecule has 156 valence electrons. The van der Waals surface area contributed by atoms with Crippen LogP contribution in [0.4, 0.5) is 0 Å². The lowest BCUT2D eigenvalue weighted by molar-refractivity contribution is -0.142. The maximum atomic E-state index is 13.0. The summed E-state index contributed by atoms with van der Waals surface area (Å²) in [5.41, 5.74) is 10.6. The second kappa shape index (κ2) is 8.88. The van der Waals surface area contributed by atoms with Crippen LogP contribution >= 0.6 is 0 Å². The summed E-state index contributed by atoms with van der Waals surface area (Å²) in [6, 6.07) is 2.99. The van der Waals surface area contributed by atoms with Crippen LogP contribution in [0.1, 0.15) is 55.4 Å². The predicted molar refractivity (Wildman–Crippen MR) is 107 cm³/mol. The zero-order valence-corrected chi connectivity index (χ0v) is 17.2. The highest BCUT2D eigenvalue weighted by Gasteiger charge is 2.29. The number of amides is 1. The number of carbonyl (C=O) groups is 3. The predicted octanol–water partition coefficient (Wildman–Crippen LogP) is 2.00. The van der Waals surface area contributed by atoms with Crippen molar-refractivity contribution in [3.8, 4) is 0 Å². The van der Waals surface area contributed by atoms with Crippen molar-refractivity contribution in [2.75, 3.05) is 7.11 Å². The van der Waals surface area contributed by atoms with Crippen molar-refractivity contribution >= 4 is 23.2 Å². The van der Waals surface area contributed by atoms with E-state index in [-0.39, 0.29) is 17.6 Å². The molecule has 0 fully saturated rings. The number of esters is 1. The highest BCUT2D eigenvalue weighted by Crippen LogP contribution is 2.35. The molecule has 2 aliphatic heterocycles. The number of nitrogens with one attached hydrogen (secondary N) is 1. The second-order valence-electron chi connectivity index (χ2n) is 7.61. The fourth-order valence-electron chi connectivity index (χ4n) is 4.10. The topological polar surface area (TPSA) is 108 Å². The first-order valence-electron chi connectivity index (χ1n) is 9.97. The van der Waals surface area contributed by atoms with Crippen molar-refractivity contribution in [3.05, 3.63) is 40.1 Å². The lowest BCUT2D eigenvalue weighted by Crippen LogP contribution is -2.34. The molecular formula is C22H28N2O5. The van der Waals surface area contributed by atoms with E-state index in [0.29, 0.717) is 50.2 Å². The van der Waals surface area contributed by atoms with Gasteiger partial charge in [-0.15, -0.1) is 0 Å². The average Bonchev–Trinajstić information content (AvgIpc) is 3.19. The van der Waals surface area contributed by atoms with Crippen LogP contribution in [-0.2, 0) is 43.5 Å². The van der Waals surface area contributed by atoms with Crippen LogP contribution < -0.4 is 11.1 Å². The molecule has 29 heavy (non-hydrogen) atoms. The number of ketones is 1. The van der Waals surface area contributed by atoms with Crippen molar-refractivity contribution in [2.45, 2.75) is 58.8 Å². The molecule has 1 aromatic rings. The summed E-state index contributed by atoms with van der Waals surface area (Å²) in [5.74, 6) is -0.631. The summed E-state index contributed by atoms with van der Waals surface area (Å²) in [6.45, 7) is 4.50. The molecule has 0 bridgehead atoms. The summed E-state index contributed by atoms with van der Waals surface area (Å²) in [6.07, 6.45) is 1.92. The Morgan fingerprint density at radius 3 is 2.72 bits per heavy atom. The molecule has 0 spiro atoms. The van der Waals surface area contributed by atoms with Crippen LogP contribution in [0.3, 0.4) is 0 Å². The van der Waals surface area contributed by atoms with Gasteiger partial charge in [0.1, 0.15) is 6.04 Å². The molecule has 0 aliphatic carbocycles. The number of Topliss-reactive ketones (excluding diaryl/α,β-unsaturated/α-hetero) is 1. The Bertz CT molecular complexity index is 874. The summed E-state index contributed by atoms with van der Waals surface area (Å²) in [5, 5.41) is 2.92. The van der Waals surface area contributed by atoms with Crippen molar-refractivity contribution < 1.29 is 23.9 Å². The van der Waals surface area contributed by atoms with Gasteiger partial charge in [-0.1, -0.05) is 19.1 Å². The van der Waals surface area contributed by atoms with Crippen LogP contribution in [0.15, 0.2) is 17.8 Å². The monoisotopic (exact) mass is 400 g/mol. The van der Waals surface area contributed by atoms with E-state index in [9.17, 15) is 14.4 Å². The molecule has 0 radical (unpaired) electrons. The largest absolute Gasteiger partial charge is 0.468 e. The van der Waals surface area contributed by atoms with Gasteiger partial charge in [-0.25, -0.2) is 0 Å². The van der Waals surface area contributed by atoms with Gasteiger partial charge in [0.15, 0.2) is 5.78 Å². The third-order valence-corrected chi connectivity index (χ3v) is 5.78. The van der Waals surface area contributed by atoms with Crippen molar-refractivity contribution in [2.24, 2.45) is 11.7 Å². The number of methoxy groups -OCH3 is 1. The van der Waals surface area contributed by atoms with Crippen LogP contribution in [-0.4, -0.2) is 30.8 Å². The van der Waals surface area contributed by atoms with Crippen LogP contribution in [0, 0.1) is 5.92 Å². The number of benzene rings is 1. The van der Waals surface area contributed by atoms with E-state index in [1.165, 1.54) is 7.11 Å². The molecule has 1 amide bonds. The van der Waals surface area contributed by atoms with Gasteiger partial charge in [0.25, 0.3) is 0 Å². The van der Waals surface area contributed by atoms with E-state index < -0.39 is 12.0 Å². The van der Waals surface area contributed by atoms with Crippen molar-refractivity contribution in [1.82, 2.24) is 5.32 Å². The summed E-state index contributed by atoms with van der Waals surface area (Å²) in [4.78, 5) is 37.2. The van der Waals surface area contributed by atoms with Crippen molar-refractivity contribution in [1.29, 1.82) is 0 Å². The van der Waals surface area contributed by atoms with E-state index in [1.54, 1.807) is 6.92 Å². The Balaban J connectivity index is 2.00. The maximum Gasteiger partial charge on any atom is 0.322 e. The minimum atomic E-state index is -0.759. The first kappa shape index (κ1) is 21.2. The highest BCUT2D eigenvalue weighted by atomic mass is 16.5. The molecule has 2 aliphatic rings. The Labute approximate surface area is 170 Å². The summed E-state index contributed by atoms with van der Waals surface area (Å²) < 4.78 is 10.4. The molecule has 3 rings (SSSR count). The normalized spacial score (nSPS) is 23.1. The minimum absolute atomic E-state index is 0.0223. The van der Waals surface area contributed by atoms with Gasteiger partial charge in [-0.3, -0.25) is 14.4 Å². The number of ether oxygens (including phenoxy) is 2. The van der Waals surface area contributed by atoms with Gasteiger partial charge in [0, 0.05) is 23.6 Å². The van der Waals surface area contributed by atoms with Crippen LogP contribution in [0.25, 0.3) is 5.57 Å². The van der Waals surface area contributed by atoms with E-state index >= 15 is 0 Å². The first-order chi connectivity index (χ1) is 13.9. The minimum Gasteiger partial charge on any atom is -0.468 e. The summed E-state index contributed by atoms with van der Waals surface area (Å²) >= 11 is 0. The lowest BCUT2D eigenvalue weighted by Gasteiger charge is -2.23. The molecule has 1 unspecified atom stereocenters. The van der Waals surface area contributed by atoms with E-state index in [2.05, 4.69) is 5.32 Å². The number of fused-ring (bicyclic) bond motifs is 1. The number of hydrogen-bond donors (Lipinski definition) is 2. The molecule has 2 heterocycles. The third kappa shape index (κ3) is 4.26. The Morgan fingerprint density at radius 1 is 1.31 bits per heavy atom. The van der Waals surface area contributed by atoms with Crippen LogP contribution in [0.5, 0.6) is 0 Å². The van der Waals surface area contributed by atoms with E-state index in [4.69, 9.17) is 15.2 Å².